The Morgan fingerprint density at radius 3 is 2.12 bits per heavy atom. The second-order valence-electron chi connectivity index (χ2n) is 2.93. The van der Waals surface area contributed by atoms with Crippen LogP contribution in [-0.2, 0) is 23.9 Å². The van der Waals surface area contributed by atoms with Crippen molar-refractivity contribution >= 4 is 26.3 Å². The van der Waals surface area contributed by atoms with E-state index in [-0.39, 0.29) is 0 Å². The van der Waals surface area contributed by atoms with Gasteiger partial charge in [0.1, 0.15) is 0 Å². The van der Waals surface area contributed by atoms with Crippen LogP contribution >= 0.6 is 0 Å². The van der Waals surface area contributed by atoms with E-state index >= 15 is 0 Å². The second kappa shape index (κ2) is 5.26. The lowest BCUT2D eigenvalue weighted by atomic mass is 10.2. The van der Waals surface area contributed by atoms with Gasteiger partial charge >= 0.3 is 20.2 Å². The average molecular weight is 274 g/mol. The van der Waals surface area contributed by atoms with Crippen molar-refractivity contribution in [3.63, 3.8) is 0 Å². The van der Waals surface area contributed by atoms with E-state index in [0.29, 0.717) is 16.4 Å². The summed E-state index contributed by atoms with van der Waals surface area (Å²) in [6, 6.07) is 8.52. The van der Waals surface area contributed by atoms with Crippen LogP contribution in [0.25, 0.3) is 6.08 Å². The first-order chi connectivity index (χ1) is 7.85. The van der Waals surface area contributed by atoms with E-state index < -0.39 is 20.2 Å². The van der Waals surface area contributed by atoms with Gasteiger partial charge in [0.25, 0.3) is 0 Å². The highest BCUT2D eigenvalue weighted by Crippen LogP contribution is 2.08. The Morgan fingerprint density at radius 2 is 1.59 bits per heavy atom. The molecular weight excluding hydrogens is 264 g/mol. The van der Waals surface area contributed by atoms with Crippen molar-refractivity contribution in [2.45, 2.75) is 0 Å². The summed E-state index contributed by atoms with van der Waals surface area (Å²) < 4.78 is 48.2. The largest absolute Gasteiger partial charge is 0.304 e. The van der Waals surface area contributed by atoms with Crippen LogP contribution in [0.5, 0.6) is 0 Å². The predicted octanol–water partition coefficient (Wildman–Crippen LogP) is 1.48. The first-order valence-corrected chi connectivity index (χ1v) is 7.36. The SMILES string of the molecule is C=CS(=O)(=O)OS(=O)(=O)C=Cc1ccccc1. The molecule has 0 spiro atoms. The Balaban J connectivity index is 2.89. The molecule has 1 aromatic carbocycles. The topological polar surface area (TPSA) is 77.5 Å². The summed E-state index contributed by atoms with van der Waals surface area (Å²) in [6.07, 6.45) is 1.23. The fourth-order valence-corrected chi connectivity index (χ4v) is 2.69. The van der Waals surface area contributed by atoms with Crippen molar-refractivity contribution in [3.8, 4) is 0 Å². The third-order valence-electron chi connectivity index (χ3n) is 1.62. The Bertz CT molecular complexity index is 612. The van der Waals surface area contributed by atoms with E-state index in [9.17, 15) is 16.8 Å². The zero-order valence-electron chi connectivity index (χ0n) is 8.68. The van der Waals surface area contributed by atoms with E-state index in [2.05, 4.69) is 10.2 Å². The first-order valence-electron chi connectivity index (χ1n) is 4.41. The van der Waals surface area contributed by atoms with Crippen LogP contribution in [0.4, 0.5) is 0 Å². The monoisotopic (exact) mass is 274 g/mol. The van der Waals surface area contributed by atoms with Crippen LogP contribution < -0.4 is 0 Å². The lowest BCUT2D eigenvalue weighted by molar-refractivity contribution is 0.476. The molecule has 0 fully saturated rings. The molecule has 0 aliphatic carbocycles. The van der Waals surface area contributed by atoms with Gasteiger partial charge in [-0.05, 0) is 11.6 Å². The first kappa shape index (κ1) is 13.6. The molecule has 0 amide bonds. The maximum absolute atomic E-state index is 11.2. The van der Waals surface area contributed by atoms with E-state index in [0.717, 1.165) is 0 Å². The van der Waals surface area contributed by atoms with Gasteiger partial charge in [0, 0.05) is 0 Å². The Labute approximate surface area is 100 Å². The molecule has 17 heavy (non-hydrogen) atoms. The van der Waals surface area contributed by atoms with Crippen LogP contribution in [-0.4, -0.2) is 16.8 Å². The molecule has 1 aromatic rings. The highest BCUT2D eigenvalue weighted by Gasteiger charge is 2.16. The fourth-order valence-electron chi connectivity index (χ4n) is 0.909. The minimum Gasteiger partial charge on any atom is -0.194 e. The Hall–Kier alpha value is -1.44. The zero-order chi connectivity index (χ0) is 12.9. The lowest BCUT2D eigenvalue weighted by Gasteiger charge is -1.97. The molecule has 0 atom stereocenters. The molecule has 0 bridgehead atoms. The molecule has 0 N–H and O–H groups in total. The van der Waals surface area contributed by atoms with Crippen LogP contribution in [0.15, 0.2) is 47.7 Å². The number of rotatable bonds is 5. The minimum absolute atomic E-state index is 0.418. The van der Waals surface area contributed by atoms with Crippen LogP contribution in [0.2, 0.25) is 0 Å². The summed E-state index contributed by atoms with van der Waals surface area (Å²) >= 11 is 0. The van der Waals surface area contributed by atoms with Crippen LogP contribution in [0.1, 0.15) is 5.56 Å². The van der Waals surface area contributed by atoms with Crippen molar-refractivity contribution in [1.29, 1.82) is 0 Å². The van der Waals surface area contributed by atoms with Crippen LogP contribution in [0.3, 0.4) is 0 Å². The van der Waals surface area contributed by atoms with E-state index in [1.54, 1.807) is 30.3 Å². The molecule has 1 rings (SSSR count). The van der Waals surface area contributed by atoms with E-state index in [1.807, 2.05) is 0 Å². The highest BCUT2D eigenvalue weighted by molar-refractivity contribution is 8.02. The quantitative estimate of drug-likeness (QED) is 0.812. The minimum atomic E-state index is -4.29. The second-order valence-corrected chi connectivity index (χ2v) is 6.05. The molecule has 0 saturated carbocycles. The van der Waals surface area contributed by atoms with Gasteiger partial charge < -0.3 is 0 Å². The van der Waals surface area contributed by atoms with Crippen LogP contribution in [0, 0.1) is 0 Å². The molecule has 0 radical (unpaired) electrons. The summed E-state index contributed by atoms with van der Waals surface area (Å²) in [6.45, 7) is 2.93. The zero-order valence-corrected chi connectivity index (χ0v) is 10.3. The fraction of sp³-hybridized carbons (Fsp3) is 0. The van der Waals surface area contributed by atoms with E-state index in [4.69, 9.17) is 0 Å². The molecule has 92 valence electrons. The smallest absolute Gasteiger partial charge is 0.194 e. The molecular formula is C10H10O5S2. The normalized spacial score (nSPS) is 12.7. The molecule has 5 nitrogen and oxygen atoms in total. The van der Waals surface area contributed by atoms with Gasteiger partial charge in [-0.2, -0.15) is 16.8 Å². The number of hydrogen-bond donors (Lipinski definition) is 0. The highest BCUT2D eigenvalue weighted by atomic mass is 32.3. The van der Waals surface area contributed by atoms with Crippen molar-refractivity contribution in [2.24, 2.45) is 0 Å². The average Bonchev–Trinajstić information content (AvgIpc) is 2.27. The van der Waals surface area contributed by atoms with Crippen molar-refractivity contribution in [2.75, 3.05) is 0 Å². The van der Waals surface area contributed by atoms with Gasteiger partial charge in [0.2, 0.25) is 0 Å². The maximum Gasteiger partial charge on any atom is 0.304 e. The van der Waals surface area contributed by atoms with Crippen molar-refractivity contribution in [3.05, 3.63) is 53.3 Å². The van der Waals surface area contributed by atoms with E-state index in [1.165, 1.54) is 6.08 Å². The Morgan fingerprint density at radius 1 is 1.00 bits per heavy atom. The van der Waals surface area contributed by atoms with Crippen molar-refractivity contribution < 1.29 is 20.5 Å². The Kier molecular flexibility index (Phi) is 4.22. The third kappa shape index (κ3) is 4.94. The predicted molar refractivity (Wildman–Crippen MR) is 64.6 cm³/mol. The van der Waals surface area contributed by atoms with Gasteiger partial charge in [-0.3, -0.25) is 0 Å². The molecule has 0 saturated heterocycles. The number of hydrogen-bond acceptors (Lipinski definition) is 5. The molecule has 0 heterocycles. The summed E-state index contributed by atoms with van der Waals surface area (Å²) in [5, 5.41) is 1.09. The molecule has 0 unspecified atom stereocenters. The van der Waals surface area contributed by atoms with Gasteiger partial charge in [0.05, 0.1) is 10.8 Å². The summed E-state index contributed by atoms with van der Waals surface area (Å²) in [5.74, 6) is 0. The molecule has 0 aliphatic heterocycles. The number of benzene rings is 1. The van der Waals surface area contributed by atoms with Gasteiger partial charge in [-0.25, -0.2) is 0 Å². The van der Waals surface area contributed by atoms with Crippen molar-refractivity contribution in [1.82, 2.24) is 0 Å². The standard InChI is InChI=1S/C10H10O5S2/c1-2-16(11,12)15-17(13,14)9-8-10-6-4-3-5-7-10/h2-9H,1H2. The molecule has 7 heteroatoms. The lowest BCUT2D eigenvalue weighted by Crippen LogP contribution is -2.08. The van der Waals surface area contributed by atoms with Gasteiger partial charge in [0.15, 0.2) is 0 Å². The summed E-state index contributed by atoms with van der Waals surface area (Å²) in [4.78, 5) is 0. The van der Waals surface area contributed by atoms with Gasteiger partial charge in [-0.15, -0.1) is 3.63 Å². The third-order valence-corrected chi connectivity index (χ3v) is 4.02. The molecule has 0 aromatic heterocycles. The molecule has 0 aliphatic rings. The summed E-state index contributed by atoms with van der Waals surface area (Å²) in [7, 11) is -8.55. The maximum atomic E-state index is 11.2. The summed E-state index contributed by atoms with van der Waals surface area (Å²) in [5.41, 5.74) is 0.607. The van der Waals surface area contributed by atoms with Gasteiger partial charge in [-0.1, -0.05) is 36.9 Å².